The average Bonchev–Trinajstić information content (AvgIpc) is 2.21. The number of nitrogens with zero attached hydrogens (tertiary/aromatic N) is 2. The summed E-state index contributed by atoms with van der Waals surface area (Å²) in [4.78, 5) is 0. The Labute approximate surface area is 66.1 Å². The van der Waals surface area contributed by atoms with Gasteiger partial charge < -0.3 is 9.47 Å². The Hall–Kier alpha value is -1.03. The summed E-state index contributed by atoms with van der Waals surface area (Å²) in [6, 6.07) is 0.324. The summed E-state index contributed by atoms with van der Waals surface area (Å²) in [5.74, 6) is 0.394. The topological polar surface area (TPSA) is 36.3 Å². The van der Waals surface area contributed by atoms with Crippen molar-refractivity contribution in [3.05, 3.63) is 12.2 Å². The molecule has 1 aromatic heterocycles. The average molecular weight is 155 g/mol. The fraction of sp³-hybridized carbons (Fsp3) is 0.571. The molecule has 0 aliphatic carbocycles. The van der Waals surface area contributed by atoms with Gasteiger partial charge in [0.15, 0.2) is 0 Å². The summed E-state index contributed by atoms with van der Waals surface area (Å²) in [7, 11) is 1.77. The Morgan fingerprint density at radius 1 is 1.91 bits per heavy atom. The molecule has 2 heterocycles. The number of hydrogen-bond acceptors (Lipinski definition) is 3. The molecular weight excluding hydrogens is 144 g/mol. The highest BCUT2D eigenvalue weighted by molar-refractivity contribution is 5.06. The van der Waals surface area contributed by atoms with Gasteiger partial charge in [0, 0.05) is 19.3 Å². The van der Waals surface area contributed by atoms with E-state index < -0.39 is 0 Å². The van der Waals surface area contributed by atoms with E-state index in [-0.39, 0.29) is 6.10 Å². The van der Waals surface area contributed by atoms with E-state index in [1.807, 2.05) is 0 Å². The standard InChI is InChI=1S/C7H10N2O2/c1-9-3-2-7(8-9)11-6-4-10-5-6/h2-3,6H,4-5H2,1H3/i2D. The van der Waals surface area contributed by atoms with Crippen molar-refractivity contribution >= 4 is 0 Å². The van der Waals surface area contributed by atoms with Crippen LogP contribution in [-0.2, 0) is 11.8 Å². The van der Waals surface area contributed by atoms with E-state index in [4.69, 9.17) is 10.8 Å². The summed E-state index contributed by atoms with van der Waals surface area (Å²) in [5.41, 5.74) is 0. The predicted octanol–water partition coefficient (Wildman–Crippen LogP) is 0.198. The van der Waals surface area contributed by atoms with Gasteiger partial charge in [0.1, 0.15) is 6.10 Å². The van der Waals surface area contributed by atoms with Crippen LogP contribution in [0, 0.1) is 0 Å². The third-order valence-electron chi connectivity index (χ3n) is 1.51. The van der Waals surface area contributed by atoms with Crippen molar-refractivity contribution in [3.63, 3.8) is 0 Å². The Balaban J connectivity index is 2.05. The molecular formula is C7H10N2O2. The lowest BCUT2D eigenvalue weighted by atomic mass is 10.3. The van der Waals surface area contributed by atoms with Crippen LogP contribution in [0.3, 0.4) is 0 Å². The minimum Gasteiger partial charge on any atom is -0.468 e. The van der Waals surface area contributed by atoms with Gasteiger partial charge >= 0.3 is 0 Å². The minimum atomic E-state index is 0.0870. The molecule has 1 aromatic rings. The van der Waals surface area contributed by atoms with Crippen LogP contribution >= 0.6 is 0 Å². The highest BCUT2D eigenvalue weighted by Crippen LogP contribution is 2.11. The SMILES string of the molecule is [2H]c1cn(C)nc1OC1COC1. The zero-order chi connectivity index (χ0) is 8.55. The van der Waals surface area contributed by atoms with E-state index in [9.17, 15) is 0 Å². The van der Waals surface area contributed by atoms with Crippen LogP contribution < -0.4 is 4.74 Å². The van der Waals surface area contributed by atoms with Crippen LogP contribution in [0.1, 0.15) is 1.37 Å². The van der Waals surface area contributed by atoms with Crippen molar-refractivity contribution in [2.24, 2.45) is 7.05 Å². The monoisotopic (exact) mass is 155 g/mol. The normalized spacial score (nSPS) is 19.2. The number of aromatic nitrogens is 2. The van der Waals surface area contributed by atoms with Crippen LogP contribution in [0.25, 0.3) is 0 Å². The molecule has 1 aliphatic heterocycles. The molecule has 1 saturated heterocycles. The van der Waals surface area contributed by atoms with Gasteiger partial charge in [-0.2, -0.15) is 0 Å². The molecule has 0 radical (unpaired) electrons. The summed E-state index contributed by atoms with van der Waals surface area (Å²) >= 11 is 0. The van der Waals surface area contributed by atoms with Crippen LogP contribution in [0.4, 0.5) is 0 Å². The first-order valence-corrected chi connectivity index (χ1v) is 3.50. The third kappa shape index (κ3) is 1.35. The molecule has 0 unspecified atom stereocenters. The molecule has 4 heteroatoms. The van der Waals surface area contributed by atoms with Crippen molar-refractivity contribution in [1.82, 2.24) is 9.78 Å². The zero-order valence-electron chi connectivity index (χ0n) is 7.28. The lowest BCUT2D eigenvalue weighted by Gasteiger charge is -2.25. The van der Waals surface area contributed by atoms with Crippen molar-refractivity contribution in [2.75, 3.05) is 13.2 Å². The van der Waals surface area contributed by atoms with Crippen molar-refractivity contribution in [3.8, 4) is 5.88 Å². The van der Waals surface area contributed by atoms with Crippen LogP contribution in [-0.4, -0.2) is 29.1 Å². The van der Waals surface area contributed by atoms with E-state index in [1.165, 1.54) is 0 Å². The van der Waals surface area contributed by atoms with Crippen molar-refractivity contribution in [2.45, 2.75) is 6.10 Å². The maximum absolute atomic E-state index is 7.44. The molecule has 11 heavy (non-hydrogen) atoms. The molecule has 0 bridgehead atoms. The summed E-state index contributed by atoms with van der Waals surface area (Å²) in [6.45, 7) is 1.21. The molecule has 1 fully saturated rings. The van der Waals surface area contributed by atoms with Crippen LogP contribution in [0.5, 0.6) is 5.88 Å². The quantitative estimate of drug-likeness (QED) is 0.612. The maximum Gasteiger partial charge on any atom is 0.233 e. The van der Waals surface area contributed by atoms with Crippen molar-refractivity contribution < 1.29 is 10.8 Å². The van der Waals surface area contributed by atoms with Gasteiger partial charge in [-0.05, 0) is 0 Å². The summed E-state index contributed by atoms with van der Waals surface area (Å²) < 4.78 is 19.3. The first kappa shape index (κ1) is 5.60. The minimum absolute atomic E-state index is 0.0870. The first-order valence-electron chi connectivity index (χ1n) is 4.00. The van der Waals surface area contributed by atoms with Crippen molar-refractivity contribution in [1.29, 1.82) is 0 Å². The van der Waals surface area contributed by atoms with E-state index in [0.717, 1.165) is 0 Å². The highest BCUT2D eigenvalue weighted by Gasteiger charge is 2.20. The van der Waals surface area contributed by atoms with Gasteiger partial charge in [-0.3, -0.25) is 4.68 Å². The second-order valence-electron chi connectivity index (χ2n) is 2.53. The molecule has 2 rings (SSSR count). The summed E-state index contributed by atoms with van der Waals surface area (Å²) in [5, 5.41) is 3.98. The van der Waals surface area contributed by atoms with Gasteiger partial charge in [0.25, 0.3) is 0 Å². The lowest BCUT2D eigenvalue weighted by molar-refractivity contribution is -0.0814. The number of rotatable bonds is 2. The van der Waals surface area contributed by atoms with E-state index in [1.54, 1.807) is 17.9 Å². The second-order valence-corrected chi connectivity index (χ2v) is 2.53. The second kappa shape index (κ2) is 2.54. The molecule has 0 saturated carbocycles. The Kier molecular flexibility index (Phi) is 1.29. The van der Waals surface area contributed by atoms with E-state index in [2.05, 4.69) is 5.10 Å². The van der Waals surface area contributed by atoms with E-state index in [0.29, 0.717) is 25.1 Å². The lowest BCUT2D eigenvalue weighted by Crippen LogP contribution is -2.38. The molecule has 4 nitrogen and oxygen atoms in total. The van der Waals surface area contributed by atoms with Gasteiger partial charge in [0.2, 0.25) is 5.88 Å². The molecule has 60 valence electrons. The molecule has 0 atom stereocenters. The number of aryl methyl sites for hydroxylation is 1. The van der Waals surface area contributed by atoms with Gasteiger partial charge in [-0.25, -0.2) is 0 Å². The first-order chi connectivity index (χ1) is 5.75. The fourth-order valence-electron chi connectivity index (χ4n) is 0.847. The molecule has 0 spiro atoms. The molecule has 0 aromatic carbocycles. The van der Waals surface area contributed by atoms with Gasteiger partial charge in [-0.15, -0.1) is 5.10 Å². The molecule has 0 amide bonds. The third-order valence-corrected chi connectivity index (χ3v) is 1.51. The van der Waals surface area contributed by atoms with Crippen LogP contribution in [0.15, 0.2) is 12.2 Å². The number of hydrogen-bond donors (Lipinski definition) is 0. The van der Waals surface area contributed by atoms with E-state index >= 15 is 0 Å². The summed E-state index contributed by atoms with van der Waals surface area (Å²) in [6.07, 6.45) is 1.69. The highest BCUT2D eigenvalue weighted by atomic mass is 16.6. The predicted molar refractivity (Wildman–Crippen MR) is 38.4 cm³/mol. The molecule has 0 N–H and O–H groups in total. The van der Waals surface area contributed by atoms with Gasteiger partial charge in [-0.1, -0.05) is 0 Å². The Morgan fingerprint density at radius 3 is 3.18 bits per heavy atom. The van der Waals surface area contributed by atoms with Crippen LogP contribution in [0.2, 0.25) is 0 Å². The number of ether oxygens (including phenoxy) is 2. The Bertz CT molecular complexity index is 283. The van der Waals surface area contributed by atoms with Gasteiger partial charge in [0.05, 0.1) is 14.6 Å². The molecule has 1 aliphatic rings. The zero-order valence-corrected chi connectivity index (χ0v) is 6.28. The Morgan fingerprint density at radius 2 is 2.73 bits per heavy atom. The largest absolute Gasteiger partial charge is 0.468 e. The fourth-order valence-corrected chi connectivity index (χ4v) is 0.847. The maximum atomic E-state index is 7.44. The smallest absolute Gasteiger partial charge is 0.233 e.